The van der Waals surface area contributed by atoms with Crippen LogP contribution in [0.15, 0.2) is 22.7 Å². The number of Topliss-reactive ketones (excluding diaryl/α,β-unsaturated/α-hetero) is 1. The average Bonchev–Trinajstić information content (AvgIpc) is 2.43. The summed E-state index contributed by atoms with van der Waals surface area (Å²) in [4.78, 5) is 11.5. The molecule has 2 N–H and O–H groups in total. The molecule has 1 unspecified atom stereocenters. The van der Waals surface area contributed by atoms with Crippen LogP contribution in [0, 0.1) is 0 Å². The minimum absolute atomic E-state index is 0.215. The molecule has 1 aromatic rings. The second kappa shape index (κ2) is 3.24. The predicted octanol–water partition coefficient (Wildman–Crippen LogP) is 2.08. The lowest BCUT2D eigenvalue weighted by atomic mass is 10.0. The molecule has 0 aliphatic heterocycles. The standard InChI is InChI=1S/C10H10BrNO/c11-7-1-2-8-6(5-12)3-10(13)9(8)4-7/h1-2,4,6H,3,5,12H2. The summed E-state index contributed by atoms with van der Waals surface area (Å²) in [5.41, 5.74) is 7.53. The number of rotatable bonds is 1. The molecule has 0 fully saturated rings. The van der Waals surface area contributed by atoms with Crippen LogP contribution in [0.3, 0.4) is 0 Å². The van der Waals surface area contributed by atoms with Crippen LogP contribution in [0.4, 0.5) is 0 Å². The summed E-state index contributed by atoms with van der Waals surface area (Å²) in [5, 5.41) is 0. The summed E-state index contributed by atoms with van der Waals surface area (Å²) < 4.78 is 0.956. The van der Waals surface area contributed by atoms with Gasteiger partial charge in [-0.25, -0.2) is 0 Å². The maximum atomic E-state index is 11.5. The Kier molecular flexibility index (Phi) is 2.22. The lowest BCUT2D eigenvalue weighted by Gasteiger charge is -2.05. The average molecular weight is 240 g/mol. The number of carbonyl (C=O) groups is 1. The van der Waals surface area contributed by atoms with Gasteiger partial charge < -0.3 is 5.73 Å². The van der Waals surface area contributed by atoms with Gasteiger partial charge >= 0.3 is 0 Å². The maximum absolute atomic E-state index is 11.5. The molecule has 0 amide bonds. The van der Waals surface area contributed by atoms with E-state index in [1.165, 1.54) is 0 Å². The van der Waals surface area contributed by atoms with Crippen molar-refractivity contribution in [3.05, 3.63) is 33.8 Å². The SMILES string of the molecule is NCC1CC(=O)c2cc(Br)ccc21. The van der Waals surface area contributed by atoms with Crippen molar-refractivity contribution in [2.75, 3.05) is 6.54 Å². The first-order chi connectivity index (χ1) is 6.22. The quantitative estimate of drug-likeness (QED) is 0.816. The molecule has 0 bridgehead atoms. The van der Waals surface area contributed by atoms with Gasteiger partial charge in [-0.3, -0.25) is 4.79 Å². The van der Waals surface area contributed by atoms with Crippen molar-refractivity contribution in [1.82, 2.24) is 0 Å². The summed E-state index contributed by atoms with van der Waals surface area (Å²) in [6.45, 7) is 0.556. The smallest absolute Gasteiger partial charge is 0.163 e. The molecule has 1 aliphatic rings. The lowest BCUT2D eigenvalue weighted by molar-refractivity contribution is 0.0989. The highest BCUT2D eigenvalue weighted by molar-refractivity contribution is 9.10. The molecular weight excluding hydrogens is 230 g/mol. The van der Waals surface area contributed by atoms with Crippen molar-refractivity contribution in [2.24, 2.45) is 5.73 Å². The normalized spacial score (nSPS) is 20.5. The number of ketones is 1. The Bertz CT molecular complexity index is 362. The van der Waals surface area contributed by atoms with Gasteiger partial charge in [0.05, 0.1) is 0 Å². The maximum Gasteiger partial charge on any atom is 0.163 e. The molecule has 1 atom stereocenters. The third-order valence-electron chi connectivity index (χ3n) is 2.47. The second-order valence-electron chi connectivity index (χ2n) is 3.29. The molecule has 2 rings (SSSR count). The highest BCUT2D eigenvalue weighted by Crippen LogP contribution is 2.33. The van der Waals surface area contributed by atoms with Gasteiger partial charge in [0.1, 0.15) is 0 Å². The van der Waals surface area contributed by atoms with Crippen molar-refractivity contribution in [3.63, 3.8) is 0 Å². The van der Waals surface area contributed by atoms with E-state index >= 15 is 0 Å². The molecule has 0 aromatic heterocycles. The zero-order valence-electron chi connectivity index (χ0n) is 7.09. The topological polar surface area (TPSA) is 43.1 Å². The monoisotopic (exact) mass is 239 g/mol. The van der Waals surface area contributed by atoms with E-state index in [0.29, 0.717) is 13.0 Å². The number of benzene rings is 1. The fourth-order valence-electron chi connectivity index (χ4n) is 1.78. The predicted molar refractivity (Wildman–Crippen MR) is 54.9 cm³/mol. The molecule has 2 nitrogen and oxygen atoms in total. The number of carbonyl (C=O) groups excluding carboxylic acids is 1. The summed E-state index contributed by atoms with van der Waals surface area (Å²) in [7, 11) is 0. The van der Waals surface area contributed by atoms with E-state index in [9.17, 15) is 4.79 Å². The lowest BCUT2D eigenvalue weighted by Crippen LogP contribution is -2.09. The number of halogens is 1. The summed E-state index contributed by atoms with van der Waals surface area (Å²) in [6, 6.07) is 5.83. The summed E-state index contributed by atoms with van der Waals surface area (Å²) >= 11 is 3.35. The van der Waals surface area contributed by atoms with Gasteiger partial charge in [-0.1, -0.05) is 22.0 Å². The Morgan fingerprint density at radius 3 is 3.00 bits per heavy atom. The molecule has 0 saturated heterocycles. The molecule has 0 spiro atoms. The Morgan fingerprint density at radius 1 is 1.54 bits per heavy atom. The van der Waals surface area contributed by atoms with Crippen LogP contribution in [-0.4, -0.2) is 12.3 Å². The minimum atomic E-state index is 0.215. The first-order valence-corrected chi connectivity index (χ1v) is 5.04. The fraction of sp³-hybridized carbons (Fsp3) is 0.300. The number of hydrogen-bond acceptors (Lipinski definition) is 2. The molecule has 13 heavy (non-hydrogen) atoms. The minimum Gasteiger partial charge on any atom is -0.330 e. The van der Waals surface area contributed by atoms with Crippen molar-refractivity contribution >= 4 is 21.7 Å². The van der Waals surface area contributed by atoms with Gasteiger partial charge in [0.25, 0.3) is 0 Å². The highest BCUT2D eigenvalue weighted by atomic mass is 79.9. The molecule has 68 valence electrons. The third kappa shape index (κ3) is 1.42. The van der Waals surface area contributed by atoms with Crippen LogP contribution in [0.1, 0.15) is 28.3 Å². The third-order valence-corrected chi connectivity index (χ3v) is 2.97. The van der Waals surface area contributed by atoms with Gasteiger partial charge in [0, 0.05) is 22.4 Å². The van der Waals surface area contributed by atoms with E-state index < -0.39 is 0 Å². The van der Waals surface area contributed by atoms with Gasteiger partial charge in [-0.15, -0.1) is 0 Å². The van der Waals surface area contributed by atoms with Crippen LogP contribution in [0.5, 0.6) is 0 Å². The van der Waals surface area contributed by atoms with Crippen LogP contribution in [-0.2, 0) is 0 Å². The van der Waals surface area contributed by atoms with Gasteiger partial charge in [0.2, 0.25) is 0 Å². The van der Waals surface area contributed by atoms with E-state index in [1.807, 2.05) is 18.2 Å². The highest BCUT2D eigenvalue weighted by Gasteiger charge is 2.27. The van der Waals surface area contributed by atoms with E-state index in [0.717, 1.165) is 15.6 Å². The first kappa shape index (κ1) is 8.91. The number of hydrogen-bond donors (Lipinski definition) is 1. The van der Waals surface area contributed by atoms with E-state index in [2.05, 4.69) is 15.9 Å². The molecule has 0 saturated carbocycles. The van der Waals surface area contributed by atoms with Crippen LogP contribution >= 0.6 is 15.9 Å². The van der Waals surface area contributed by atoms with Crippen LogP contribution in [0.25, 0.3) is 0 Å². The number of nitrogens with two attached hydrogens (primary N) is 1. The van der Waals surface area contributed by atoms with Crippen LogP contribution in [0.2, 0.25) is 0 Å². The number of fused-ring (bicyclic) bond motifs is 1. The van der Waals surface area contributed by atoms with Gasteiger partial charge in [-0.05, 0) is 24.2 Å². The largest absolute Gasteiger partial charge is 0.330 e. The molecular formula is C10H10BrNO. The molecule has 0 radical (unpaired) electrons. The van der Waals surface area contributed by atoms with Crippen molar-refractivity contribution in [3.8, 4) is 0 Å². The Hall–Kier alpha value is -0.670. The van der Waals surface area contributed by atoms with Gasteiger partial charge in [0.15, 0.2) is 5.78 Å². The molecule has 0 heterocycles. The Labute approximate surface area is 85.3 Å². The Balaban J connectivity index is 2.52. The molecule has 3 heteroatoms. The van der Waals surface area contributed by atoms with Gasteiger partial charge in [-0.2, -0.15) is 0 Å². The first-order valence-electron chi connectivity index (χ1n) is 4.25. The fourth-order valence-corrected chi connectivity index (χ4v) is 2.14. The van der Waals surface area contributed by atoms with Crippen molar-refractivity contribution in [1.29, 1.82) is 0 Å². The van der Waals surface area contributed by atoms with E-state index in [1.54, 1.807) is 0 Å². The molecule has 1 aromatic carbocycles. The zero-order valence-corrected chi connectivity index (χ0v) is 8.67. The van der Waals surface area contributed by atoms with Crippen molar-refractivity contribution in [2.45, 2.75) is 12.3 Å². The van der Waals surface area contributed by atoms with Crippen molar-refractivity contribution < 1.29 is 4.79 Å². The van der Waals surface area contributed by atoms with E-state index in [4.69, 9.17) is 5.73 Å². The zero-order chi connectivity index (χ0) is 9.42. The molecule has 1 aliphatic carbocycles. The van der Waals surface area contributed by atoms with Crippen LogP contribution < -0.4 is 5.73 Å². The van der Waals surface area contributed by atoms with E-state index in [-0.39, 0.29) is 11.7 Å². The summed E-state index contributed by atoms with van der Waals surface area (Å²) in [6.07, 6.45) is 0.572. The summed E-state index contributed by atoms with van der Waals surface area (Å²) in [5.74, 6) is 0.447. The Morgan fingerprint density at radius 2 is 2.31 bits per heavy atom. The second-order valence-corrected chi connectivity index (χ2v) is 4.21.